The zero-order valence-electron chi connectivity index (χ0n) is 15.9. The third kappa shape index (κ3) is 3.71. The number of fused-ring (bicyclic) bond motifs is 1. The fourth-order valence-corrected chi connectivity index (χ4v) is 3.86. The lowest BCUT2D eigenvalue weighted by molar-refractivity contribution is -0.129. The molecule has 2 N–H and O–H groups in total. The average Bonchev–Trinajstić information content (AvgIpc) is 3.20. The van der Waals surface area contributed by atoms with Crippen LogP contribution in [0.4, 0.5) is 0 Å². The number of carbonyl (C=O) groups is 1. The van der Waals surface area contributed by atoms with Crippen molar-refractivity contribution in [3.05, 3.63) is 63.3 Å². The number of nitrogens with zero attached hydrogens (tertiary/aromatic N) is 2. The number of aromatic nitrogens is 2. The topological polar surface area (TPSA) is 99.4 Å². The van der Waals surface area contributed by atoms with Crippen molar-refractivity contribution in [1.29, 1.82) is 0 Å². The van der Waals surface area contributed by atoms with E-state index in [0.29, 0.717) is 30.7 Å². The van der Waals surface area contributed by atoms with Crippen LogP contribution in [0.25, 0.3) is 11.0 Å². The molecule has 4 rings (SSSR count). The van der Waals surface area contributed by atoms with E-state index in [9.17, 15) is 14.7 Å². The number of nitrogens with one attached hydrogen (secondary N) is 1. The fourth-order valence-electron chi connectivity index (χ4n) is 3.86. The molecule has 3 aromatic rings. The van der Waals surface area contributed by atoms with E-state index in [0.717, 1.165) is 22.3 Å². The number of carbonyl (C=O) groups excluding carboxylic acids is 1. The summed E-state index contributed by atoms with van der Waals surface area (Å²) >= 11 is 0. The molecule has 1 aliphatic heterocycles. The van der Waals surface area contributed by atoms with Crippen molar-refractivity contribution in [3.63, 3.8) is 0 Å². The Morgan fingerprint density at radius 1 is 1.29 bits per heavy atom. The van der Waals surface area contributed by atoms with Crippen LogP contribution in [-0.2, 0) is 17.6 Å². The molecule has 0 aliphatic carbocycles. The molecule has 1 saturated heterocycles. The first-order valence-electron chi connectivity index (χ1n) is 9.39. The number of rotatable bonds is 4. The number of amides is 1. The van der Waals surface area contributed by atoms with Crippen LogP contribution < -0.4 is 5.63 Å². The third-order valence-corrected chi connectivity index (χ3v) is 5.32. The summed E-state index contributed by atoms with van der Waals surface area (Å²) in [6.07, 6.45) is 0.139. The Morgan fingerprint density at radius 3 is 2.86 bits per heavy atom. The first-order chi connectivity index (χ1) is 13.4. The van der Waals surface area contributed by atoms with Gasteiger partial charge in [-0.15, -0.1) is 0 Å². The van der Waals surface area contributed by atoms with Crippen LogP contribution in [0.2, 0.25) is 0 Å². The number of aliphatic hydroxyl groups is 1. The molecule has 1 fully saturated rings. The van der Waals surface area contributed by atoms with Gasteiger partial charge in [-0.2, -0.15) is 5.10 Å². The van der Waals surface area contributed by atoms with E-state index in [1.807, 2.05) is 32.0 Å². The van der Waals surface area contributed by atoms with Gasteiger partial charge in [0, 0.05) is 36.2 Å². The van der Waals surface area contributed by atoms with Gasteiger partial charge in [-0.1, -0.05) is 12.1 Å². The molecular formula is C21H23N3O4. The predicted octanol–water partition coefficient (Wildman–Crippen LogP) is 1.74. The Balaban J connectivity index is 1.50. The maximum absolute atomic E-state index is 12.8. The van der Waals surface area contributed by atoms with Crippen LogP contribution in [0.15, 0.2) is 39.5 Å². The highest BCUT2D eigenvalue weighted by Gasteiger charge is 2.34. The van der Waals surface area contributed by atoms with E-state index in [4.69, 9.17) is 4.42 Å². The molecular weight excluding hydrogens is 358 g/mol. The van der Waals surface area contributed by atoms with Crippen molar-refractivity contribution in [2.45, 2.75) is 32.8 Å². The number of H-pyrrole nitrogens is 1. The van der Waals surface area contributed by atoms with Gasteiger partial charge in [0.25, 0.3) is 0 Å². The second kappa shape index (κ2) is 7.24. The zero-order valence-corrected chi connectivity index (χ0v) is 15.9. The Bertz CT molecular complexity index is 1080. The molecule has 0 saturated carbocycles. The lowest BCUT2D eigenvalue weighted by Crippen LogP contribution is -2.31. The van der Waals surface area contributed by atoms with E-state index < -0.39 is 11.7 Å². The van der Waals surface area contributed by atoms with Crippen molar-refractivity contribution in [3.8, 4) is 0 Å². The van der Waals surface area contributed by atoms with Gasteiger partial charge in [0.2, 0.25) is 5.91 Å². The number of likely N-dealkylation sites (tertiary alicyclic amines) is 1. The van der Waals surface area contributed by atoms with Gasteiger partial charge in [0.1, 0.15) is 5.58 Å². The first kappa shape index (κ1) is 18.4. The molecule has 0 unspecified atom stereocenters. The maximum Gasteiger partial charge on any atom is 0.336 e. The van der Waals surface area contributed by atoms with Crippen LogP contribution in [0.5, 0.6) is 0 Å². The highest BCUT2D eigenvalue weighted by atomic mass is 16.4. The van der Waals surface area contributed by atoms with Gasteiger partial charge in [-0.25, -0.2) is 4.79 Å². The summed E-state index contributed by atoms with van der Waals surface area (Å²) in [7, 11) is 0. The lowest BCUT2D eigenvalue weighted by atomic mass is 10.00. The summed E-state index contributed by atoms with van der Waals surface area (Å²) in [6.45, 7) is 4.62. The summed E-state index contributed by atoms with van der Waals surface area (Å²) in [5.74, 6) is -0.154. The van der Waals surface area contributed by atoms with E-state index >= 15 is 0 Å². The minimum absolute atomic E-state index is 0.0492. The molecule has 1 aliphatic rings. The Morgan fingerprint density at radius 2 is 2.11 bits per heavy atom. The molecule has 2 aromatic heterocycles. The van der Waals surface area contributed by atoms with E-state index in [1.54, 1.807) is 11.0 Å². The molecule has 1 aromatic carbocycles. The molecule has 0 bridgehead atoms. The summed E-state index contributed by atoms with van der Waals surface area (Å²) < 4.78 is 5.26. The normalized spacial score (nSPS) is 19.5. The molecule has 2 atom stereocenters. The van der Waals surface area contributed by atoms with Crippen LogP contribution in [0.3, 0.4) is 0 Å². The number of aliphatic hydroxyl groups excluding tert-OH is 1. The number of β-amino-alcohol motifs (C(OH)–C–C–N with tert-alkyl or cyclic N) is 1. The number of hydrogen-bond acceptors (Lipinski definition) is 5. The first-order valence-corrected chi connectivity index (χ1v) is 9.39. The number of aryl methyl sites for hydroxylation is 2. The Labute approximate surface area is 162 Å². The molecule has 3 heterocycles. The van der Waals surface area contributed by atoms with E-state index in [-0.39, 0.29) is 18.2 Å². The smallest absolute Gasteiger partial charge is 0.336 e. The van der Waals surface area contributed by atoms with Gasteiger partial charge in [-0.05, 0) is 43.5 Å². The quantitative estimate of drug-likeness (QED) is 0.671. The number of benzene rings is 1. The summed E-state index contributed by atoms with van der Waals surface area (Å²) in [4.78, 5) is 26.4. The molecule has 7 heteroatoms. The summed E-state index contributed by atoms with van der Waals surface area (Å²) in [5, 5.41) is 18.3. The molecule has 146 valence electrons. The Hall–Kier alpha value is -2.93. The highest BCUT2D eigenvalue weighted by Crippen LogP contribution is 2.24. The highest BCUT2D eigenvalue weighted by molar-refractivity contribution is 5.87. The molecule has 7 nitrogen and oxygen atoms in total. The molecule has 0 radical (unpaired) electrons. The Kier molecular flexibility index (Phi) is 4.77. The van der Waals surface area contributed by atoms with Crippen molar-refractivity contribution >= 4 is 16.9 Å². The lowest BCUT2D eigenvalue weighted by Gasteiger charge is -2.16. The van der Waals surface area contributed by atoms with Crippen LogP contribution in [-0.4, -0.2) is 45.3 Å². The fraction of sp³-hybridized carbons (Fsp3) is 0.381. The second-order valence-electron chi connectivity index (χ2n) is 7.64. The molecule has 28 heavy (non-hydrogen) atoms. The minimum Gasteiger partial charge on any atom is -0.423 e. The number of aromatic amines is 1. The second-order valence-corrected chi connectivity index (χ2v) is 7.64. The van der Waals surface area contributed by atoms with Crippen molar-refractivity contribution < 1.29 is 14.3 Å². The van der Waals surface area contributed by atoms with Gasteiger partial charge in [-0.3, -0.25) is 9.89 Å². The van der Waals surface area contributed by atoms with E-state index in [2.05, 4.69) is 10.2 Å². The van der Waals surface area contributed by atoms with Gasteiger partial charge in [0.15, 0.2) is 0 Å². The maximum atomic E-state index is 12.8. The minimum atomic E-state index is -0.582. The van der Waals surface area contributed by atoms with Gasteiger partial charge >= 0.3 is 5.63 Å². The standard InChI is InChI=1S/C21H23N3O4/c1-12-3-4-17-14(9-21(27)28-19(17)5-12)8-20(26)24-10-15(18(25)11-24)7-16-6-13(2)22-23-16/h3-6,9,15,18,25H,7-8,10-11H2,1-2H3,(H,22,23)/t15-,18-/m1/s1. The number of hydrogen-bond donors (Lipinski definition) is 2. The van der Waals surface area contributed by atoms with Crippen LogP contribution in [0, 0.1) is 19.8 Å². The van der Waals surface area contributed by atoms with Gasteiger partial charge in [0.05, 0.1) is 18.2 Å². The zero-order chi connectivity index (χ0) is 19.8. The van der Waals surface area contributed by atoms with Crippen molar-refractivity contribution in [2.24, 2.45) is 5.92 Å². The third-order valence-electron chi connectivity index (χ3n) is 5.32. The average molecular weight is 381 g/mol. The summed E-state index contributed by atoms with van der Waals surface area (Å²) in [5.41, 5.74) is 3.52. The summed E-state index contributed by atoms with van der Waals surface area (Å²) in [6, 6.07) is 8.93. The van der Waals surface area contributed by atoms with Crippen molar-refractivity contribution in [2.75, 3.05) is 13.1 Å². The van der Waals surface area contributed by atoms with Gasteiger partial charge < -0.3 is 14.4 Å². The monoisotopic (exact) mass is 381 g/mol. The largest absolute Gasteiger partial charge is 0.423 e. The SMILES string of the molecule is Cc1ccc2c(CC(=O)N3C[C@@H](Cc4cc(C)[nH]n4)[C@H](O)C3)cc(=O)oc2c1. The van der Waals surface area contributed by atoms with Crippen LogP contribution >= 0.6 is 0 Å². The van der Waals surface area contributed by atoms with Crippen molar-refractivity contribution in [1.82, 2.24) is 15.1 Å². The van der Waals surface area contributed by atoms with Crippen LogP contribution in [0.1, 0.15) is 22.5 Å². The molecule has 1 amide bonds. The van der Waals surface area contributed by atoms with E-state index in [1.165, 1.54) is 6.07 Å². The predicted molar refractivity (Wildman–Crippen MR) is 104 cm³/mol. The molecule has 0 spiro atoms.